The van der Waals surface area contributed by atoms with Gasteiger partial charge in [-0.2, -0.15) is 0 Å². The van der Waals surface area contributed by atoms with E-state index in [-0.39, 0.29) is 6.09 Å². The summed E-state index contributed by atoms with van der Waals surface area (Å²) >= 11 is 0. The monoisotopic (exact) mass is 520 g/mol. The fourth-order valence-electron chi connectivity index (χ4n) is 3.66. The normalized spacial score (nSPS) is 13.9. The van der Waals surface area contributed by atoms with Gasteiger partial charge < -0.3 is 19.1 Å². The highest BCUT2D eigenvalue weighted by Crippen LogP contribution is 2.25. The Balaban J connectivity index is 1.47. The number of piperidine rings is 1. The molecule has 3 rings (SSSR count). The lowest BCUT2D eigenvalue weighted by molar-refractivity contribution is 0.0237. The van der Waals surface area contributed by atoms with Crippen LogP contribution in [0.15, 0.2) is 48.2 Å². The molecule has 1 aromatic carbocycles. The molecular formula is C30H40N2O4Si. The first-order valence-corrected chi connectivity index (χ1v) is 16.5. The summed E-state index contributed by atoms with van der Waals surface area (Å²) in [4.78, 5) is 18.5. The molecule has 1 aliphatic rings. The van der Waals surface area contributed by atoms with Crippen LogP contribution in [0.5, 0.6) is 17.4 Å². The Labute approximate surface area is 223 Å². The summed E-state index contributed by atoms with van der Waals surface area (Å²) in [5.74, 6) is 5.23. The van der Waals surface area contributed by atoms with Crippen LogP contribution in [-0.2, 0) is 4.74 Å². The molecule has 37 heavy (non-hydrogen) atoms. The Morgan fingerprint density at radius 2 is 1.86 bits per heavy atom. The van der Waals surface area contributed by atoms with Gasteiger partial charge in [-0.25, -0.2) is 9.78 Å². The zero-order valence-corrected chi connectivity index (χ0v) is 24.1. The Morgan fingerprint density at radius 3 is 2.51 bits per heavy atom. The minimum absolute atomic E-state index is 0.238. The molecule has 6 nitrogen and oxygen atoms in total. The zero-order valence-electron chi connectivity index (χ0n) is 23.1. The highest BCUT2D eigenvalue weighted by Gasteiger charge is 2.24. The summed E-state index contributed by atoms with van der Waals surface area (Å²) in [5, 5.41) is 0. The molecule has 1 fully saturated rings. The van der Waals surface area contributed by atoms with Crippen LogP contribution in [-0.4, -0.2) is 49.3 Å². The molecule has 1 saturated heterocycles. The number of benzene rings is 1. The summed E-state index contributed by atoms with van der Waals surface area (Å²) in [6.45, 7) is 14.4. The molecule has 0 unspecified atom stereocenters. The number of ether oxygens (including phenoxy) is 3. The highest BCUT2D eigenvalue weighted by molar-refractivity contribution is 6.83. The lowest BCUT2D eigenvalue weighted by Crippen LogP contribution is -2.40. The van der Waals surface area contributed by atoms with Gasteiger partial charge in [-0.05, 0) is 63.8 Å². The van der Waals surface area contributed by atoms with E-state index in [9.17, 15) is 4.79 Å². The molecule has 0 bridgehead atoms. The average Bonchev–Trinajstić information content (AvgIpc) is 2.81. The fraction of sp³-hybridized carbons (Fsp3) is 0.467. The van der Waals surface area contributed by atoms with E-state index in [1.54, 1.807) is 11.1 Å². The number of hydrogen-bond donors (Lipinski definition) is 0. The third-order valence-corrected chi connectivity index (χ3v) is 6.32. The average molecular weight is 521 g/mol. The van der Waals surface area contributed by atoms with E-state index in [2.05, 4.69) is 48.2 Å². The molecule has 2 aromatic rings. The number of aromatic nitrogens is 1. The van der Waals surface area contributed by atoms with Crippen LogP contribution in [0.4, 0.5) is 4.79 Å². The van der Waals surface area contributed by atoms with E-state index >= 15 is 0 Å². The van der Waals surface area contributed by atoms with Gasteiger partial charge in [-0.1, -0.05) is 43.4 Å². The molecule has 1 aliphatic heterocycles. The first-order valence-electron chi connectivity index (χ1n) is 13.0. The van der Waals surface area contributed by atoms with Crippen LogP contribution in [0.1, 0.15) is 52.0 Å². The second kappa shape index (κ2) is 12.8. The standard InChI is InChI=1S/C30H40N2O4Si/c1-30(2,3)36-29(33)32-17-15-24(16-18-32)21-25-11-10-12-26(22-25)35-28-14-13-27(23-31-28)34-19-8-7-9-20-37(4,5)6/h10-14,21-23H,7-8,15-19H2,1-6H3. The molecule has 7 heteroatoms. The van der Waals surface area contributed by atoms with Crippen LogP contribution in [0.25, 0.3) is 6.08 Å². The number of hydrogen-bond acceptors (Lipinski definition) is 5. The third-order valence-electron chi connectivity index (χ3n) is 5.40. The largest absolute Gasteiger partial charge is 0.492 e. The van der Waals surface area contributed by atoms with Crippen molar-refractivity contribution >= 4 is 20.2 Å². The van der Waals surface area contributed by atoms with Gasteiger partial charge in [0.2, 0.25) is 5.88 Å². The van der Waals surface area contributed by atoms with Crippen molar-refractivity contribution in [3.05, 3.63) is 53.7 Å². The number of rotatable bonds is 7. The number of carbonyl (C=O) groups excluding carboxylic acids is 1. The fourth-order valence-corrected chi connectivity index (χ4v) is 4.32. The van der Waals surface area contributed by atoms with Gasteiger partial charge >= 0.3 is 6.09 Å². The summed E-state index contributed by atoms with van der Waals surface area (Å²) in [6, 6.07) is 11.6. The van der Waals surface area contributed by atoms with Gasteiger partial charge in [-0.15, -0.1) is 11.5 Å². The lowest BCUT2D eigenvalue weighted by Gasteiger charge is -2.31. The van der Waals surface area contributed by atoms with Crippen molar-refractivity contribution < 1.29 is 19.0 Å². The third kappa shape index (κ3) is 10.7. The highest BCUT2D eigenvalue weighted by atomic mass is 28.3. The molecule has 0 atom stereocenters. The molecule has 0 radical (unpaired) electrons. The molecule has 1 amide bonds. The Hall–Kier alpha value is -3.24. The first-order chi connectivity index (χ1) is 17.5. The molecule has 0 saturated carbocycles. The Bertz CT molecular complexity index is 1130. The van der Waals surface area contributed by atoms with Gasteiger partial charge in [0.25, 0.3) is 0 Å². The van der Waals surface area contributed by atoms with Gasteiger partial charge in [-0.3, -0.25) is 0 Å². The van der Waals surface area contributed by atoms with Crippen LogP contribution < -0.4 is 9.47 Å². The number of carbonyl (C=O) groups is 1. The summed E-state index contributed by atoms with van der Waals surface area (Å²) < 4.78 is 17.2. The SMILES string of the molecule is CC(C)(C)OC(=O)N1CCC(=Cc2cccc(Oc3ccc(OCCCC#C[Si](C)(C)C)cn3)c2)CC1. The van der Waals surface area contributed by atoms with E-state index in [4.69, 9.17) is 14.2 Å². The Kier molecular flexibility index (Phi) is 9.82. The Morgan fingerprint density at radius 1 is 1.11 bits per heavy atom. The lowest BCUT2D eigenvalue weighted by atomic mass is 10.0. The molecule has 0 aliphatic carbocycles. The van der Waals surface area contributed by atoms with Gasteiger partial charge in [0.1, 0.15) is 25.2 Å². The smallest absolute Gasteiger partial charge is 0.410 e. The number of unbranched alkanes of at least 4 members (excludes halogenated alkanes) is 1. The number of pyridine rings is 1. The maximum absolute atomic E-state index is 12.3. The molecule has 1 aromatic heterocycles. The van der Waals surface area contributed by atoms with Gasteiger partial charge in [0, 0.05) is 25.6 Å². The van der Waals surface area contributed by atoms with E-state index < -0.39 is 13.7 Å². The number of nitrogens with zero attached hydrogens (tertiary/aromatic N) is 2. The van der Waals surface area contributed by atoms with E-state index in [1.807, 2.05) is 51.1 Å². The van der Waals surface area contributed by atoms with Crippen LogP contribution in [0.3, 0.4) is 0 Å². The van der Waals surface area contributed by atoms with Crippen molar-refractivity contribution in [2.75, 3.05) is 19.7 Å². The minimum atomic E-state index is -1.29. The number of amides is 1. The maximum Gasteiger partial charge on any atom is 0.410 e. The van der Waals surface area contributed by atoms with Crippen molar-refractivity contribution in [2.24, 2.45) is 0 Å². The second-order valence-corrected chi connectivity index (χ2v) is 16.0. The topological polar surface area (TPSA) is 60.9 Å². The molecule has 0 N–H and O–H groups in total. The van der Waals surface area contributed by atoms with Crippen molar-refractivity contribution in [1.29, 1.82) is 0 Å². The van der Waals surface area contributed by atoms with Crippen molar-refractivity contribution in [1.82, 2.24) is 9.88 Å². The molecule has 0 spiro atoms. The van der Waals surface area contributed by atoms with E-state index in [0.29, 0.717) is 25.6 Å². The predicted octanol–water partition coefficient (Wildman–Crippen LogP) is 7.33. The minimum Gasteiger partial charge on any atom is -0.492 e. The van der Waals surface area contributed by atoms with Crippen LogP contribution in [0, 0.1) is 11.5 Å². The van der Waals surface area contributed by atoms with Crippen molar-refractivity contribution in [3.63, 3.8) is 0 Å². The van der Waals surface area contributed by atoms with Crippen molar-refractivity contribution in [2.45, 2.75) is 71.7 Å². The zero-order chi connectivity index (χ0) is 26.9. The second-order valence-electron chi connectivity index (χ2n) is 11.3. The van der Waals surface area contributed by atoms with Gasteiger partial charge in [0.15, 0.2) is 0 Å². The first kappa shape index (κ1) is 28.3. The molecular weight excluding hydrogens is 480 g/mol. The van der Waals surface area contributed by atoms with E-state index in [0.717, 1.165) is 42.7 Å². The van der Waals surface area contributed by atoms with Gasteiger partial charge in [0.05, 0.1) is 12.8 Å². The molecule has 198 valence electrons. The maximum atomic E-state index is 12.3. The van der Waals surface area contributed by atoms with Crippen LogP contribution >= 0.6 is 0 Å². The summed E-state index contributed by atoms with van der Waals surface area (Å²) in [7, 11) is -1.29. The van der Waals surface area contributed by atoms with Crippen molar-refractivity contribution in [3.8, 4) is 28.8 Å². The van der Waals surface area contributed by atoms with E-state index in [1.165, 1.54) is 5.57 Å². The summed E-state index contributed by atoms with van der Waals surface area (Å²) in [6.07, 6.45) is 7.05. The predicted molar refractivity (Wildman–Crippen MR) is 152 cm³/mol. The summed E-state index contributed by atoms with van der Waals surface area (Å²) in [5.41, 5.74) is 5.27. The molecule has 2 heterocycles. The van der Waals surface area contributed by atoms with Crippen LogP contribution in [0.2, 0.25) is 19.6 Å². The number of likely N-dealkylation sites (tertiary alicyclic amines) is 1. The quantitative estimate of drug-likeness (QED) is 0.217.